The van der Waals surface area contributed by atoms with Crippen LogP contribution in [0.3, 0.4) is 0 Å². The molecular formula is C25H31F2IN6O3. The smallest absolute Gasteiger partial charge is 0.319 e. The number of pyridine rings is 1. The Bertz CT molecular complexity index is 1190. The third-order valence-corrected chi connectivity index (χ3v) is 6.41. The number of aromatic nitrogens is 2. The molecule has 2 aromatic heterocycles. The lowest BCUT2D eigenvalue weighted by atomic mass is 10.1. The zero-order valence-electron chi connectivity index (χ0n) is 20.3. The topological polar surface area (TPSA) is 103 Å². The number of alkyl halides is 3. The number of anilines is 1. The van der Waals surface area contributed by atoms with E-state index in [1.54, 1.807) is 24.4 Å². The van der Waals surface area contributed by atoms with Gasteiger partial charge in [-0.25, -0.2) is 15.3 Å². The van der Waals surface area contributed by atoms with E-state index in [0.717, 1.165) is 84.0 Å². The number of hydrogen-bond acceptors (Lipinski definition) is 6. The summed E-state index contributed by atoms with van der Waals surface area (Å²) in [7, 11) is 0. The molecule has 4 N–H and O–H groups in total. The van der Waals surface area contributed by atoms with Crippen LogP contribution in [0.2, 0.25) is 0 Å². The number of imidazole rings is 1. The predicted molar refractivity (Wildman–Crippen MR) is 146 cm³/mol. The summed E-state index contributed by atoms with van der Waals surface area (Å²) in [4.78, 5) is 24.2. The number of aliphatic hydroxyl groups excluding tert-OH is 1. The van der Waals surface area contributed by atoms with Crippen molar-refractivity contribution >= 4 is 40.0 Å². The minimum atomic E-state index is -3.01. The lowest BCUT2D eigenvalue weighted by Crippen LogP contribution is -2.35. The molecule has 0 saturated carbocycles. The first-order chi connectivity index (χ1) is 17.8. The number of urea groups is 1. The number of carbonyl (C=O) groups is 1. The average molecular weight is 628 g/mol. The quantitative estimate of drug-likeness (QED) is 0.106. The zero-order chi connectivity index (χ0) is 26.3. The number of nitrogens with zero attached hydrogens (tertiary/aromatic N) is 3. The van der Waals surface area contributed by atoms with Gasteiger partial charge in [0.2, 0.25) is 0 Å². The van der Waals surface area contributed by atoms with Gasteiger partial charge in [0, 0.05) is 66.2 Å². The van der Waals surface area contributed by atoms with Crippen LogP contribution in [0.1, 0.15) is 18.4 Å². The Balaban J connectivity index is 1.25. The summed E-state index contributed by atoms with van der Waals surface area (Å²) < 4.78 is 24.9. The fraction of sp³-hybridized carbons (Fsp3) is 0.440. The van der Waals surface area contributed by atoms with Crippen molar-refractivity contribution in [2.24, 2.45) is 0 Å². The number of hydrogen-bond donors (Lipinski definition) is 4. The van der Waals surface area contributed by atoms with E-state index in [0.29, 0.717) is 18.8 Å². The maximum Gasteiger partial charge on any atom is 0.319 e. The lowest BCUT2D eigenvalue weighted by molar-refractivity contribution is 0.0362. The number of likely N-dealkylation sites (tertiary alicyclic amines) is 1. The van der Waals surface area contributed by atoms with E-state index in [4.69, 9.17) is 4.84 Å². The number of benzene rings is 1. The van der Waals surface area contributed by atoms with Gasteiger partial charge in [-0.2, -0.15) is 8.78 Å². The minimum Gasteiger partial charge on any atom is -0.392 e. The maximum atomic E-state index is 13.0. The Kier molecular flexibility index (Phi) is 9.65. The van der Waals surface area contributed by atoms with Gasteiger partial charge in [0.15, 0.2) is 0 Å². The monoisotopic (exact) mass is 628 g/mol. The molecule has 3 heterocycles. The molecule has 3 aromatic rings. The Morgan fingerprint density at radius 3 is 2.95 bits per heavy atom. The number of hydroxylamine groups is 1. The Labute approximate surface area is 227 Å². The van der Waals surface area contributed by atoms with Crippen molar-refractivity contribution < 1.29 is 23.5 Å². The highest BCUT2D eigenvalue weighted by atomic mass is 127. The molecule has 1 aromatic carbocycles. The van der Waals surface area contributed by atoms with E-state index in [2.05, 4.69) is 26.0 Å². The summed E-state index contributed by atoms with van der Waals surface area (Å²) in [6.07, 6.45) is 6.08. The third-order valence-electron chi connectivity index (χ3n) is 6.03. The van der Waals surface area contributed by atoms with E-state index in [1.165, 1.54) is 0 Å². The van der Waals surface area contributed by atoms with Crippen LogP contribution in [0.15, 0.2) is 48.8 Å². The van der Waals surface area contributed by atoms with E-state index in [9.17, 15) is 18.7 Å². The van der Waals surface area contributed by atoms with E-state index in [1.807, 2.05) is 28.8 Å². The molecule has 0 bridgehead atoms. The molecule has 1 atom stereocenters. The van der Waals surface area contributed by atoms with Crippen molar-refractivity contribution in [2.45, 2.75) is 29.3 Å². The molecule has 9 nitrogen and oxygen atoms in total. The van der Waals surface area contributed by atoms with Crippen molar-refractivity contribution in [3.63, 3.8) is 0 Å². The van der Waals surface area contributed by atoms with Crippen molar-refractivity contribution in [3.8, 4) is 11.3 Å². The zero-order valence-corrected chi connectivity index (χ0v) is 22.5. The molecule has 4 rings (SSSR count). The van der Waals surface area contributed by atoms with Crippen molar-refractivity contribution in [2.75, 3.05) is 44.6 Å². The Morgan fingerprint density at radius 1 is 1.30 bits per heavy atom. The second-order valence-corrected chi connectivity index (χ2v) is 10.6. The van der Waals surface area contributed by atoms with Crippen LogP contribution in [0.25, 0.3) is 16.9 Å². The van der Waals surface area contributed by atoms with Crippen LogP contribution in [0.5, 0.6) is 0 Å². The second kappa shape index (κ2) is 12.9. The number of halogens is 3. The predicted octanol–water partition coefficient (Wildman–Crippen LogP) is 3.67. The van der Waals surface area contributed by atoms with Crippen LogP contribution in [-0.4, -0.2) is 74.8 Å². The summed E-state index contributed by atoms with van der Waals surface area (Å²) in [6.45, 7) is 3.19. The van der Waals surface area contributed by atoms with Crippen LogP contribution in [0.4, 0.5) is 19.3 Å². The highest BCUT2D eigenvalue weighted by Gasteiger charge is 2.24. The van der Waals surface area contributed by atoms with Gasteiger partial charge in [-0.15, -0.1) is 0 Å². The van der Waals surface area contributed by atoms with Crippen LogP contribution in [-0.2, 0) is 11.3 Å². The molecule has 1 aliphatic rings. The SMILES string of the molecule is O=C(NCC(F)(F)I)Nc1cccc(-c2cnc3cc(CCNOCCCN4CCC(O)C4)ccn23)c1. The molecule has 1 aliphatic heterocycles. The van der Waals surface area contributed by atoms with Crippen molar-refractivity contribution in [1.29, 1.82) is 0 Å². The molecule has 12 heteroatoms. The number of nitrogens with one attached hydrogen (secondary N) is 3. The molecule has 1 fully saturated rings. The van der Waals surface area contributed by atoms with Crippen LogP contribution < -0.4 is 16.1 Å². The average Bonchev–Trinajstić information content (AvgIpc) is 3.47. The minimum absolute atomic E-state index is 0.187. The molecule has 0 aliphatic carbocycles. The molecule has 200 valence electrons. The third kappa shape index (κ3) is 8.57. The molecule has 37 heavy (non-hydrogen) atoms. The molecule has 2 amide bonds. The highest BCUT2D eigenvalue weighted by molar-refractivity contribution is 14.1. The van der Waals surface area contributed by atoms with Crippen molar-refractivity contribution in [1.82, 2.24) is 25.1 Å². The summed E-state index contributed by atoms with van der Waals surface area (Å²) in [5, 5.41) is 14.3. The number of aliphatic hydroxyl groups is 1. The highest BCUT2D eigenvalue weighted by Crippen LogP contribution is 2.25. The summed E-state index contributed by atoms with van der Waals surface area (Å²) in [5.41, 5.74) is 7.08. The van der Waals surface area contributed by atoms with Gasteiger partial charge in [-0.05, 0) is 49.1 Å². The fourth-order valence-corrected chi connectivity index (χ4v) is 4.41. The van der Waals surface area contributed by atoms with E-state index >= 15 is 0 Å². The molecular weight excluding hydrogens is 597 g/mol. The molecule has 0 radical (unpaired) electrons. The first kappa shape index (κ1) is 27.6. The lowest BCUT2D eigenvalue weighted by Gasteiger charge is -2.14. The Hall–Kier alpha value is -2.39. The summed E-state index contributed by atoms with van der Waals surface area (Å²) >= 11 is 0.980. The van der Waals surface area contributed by atoms with Gasteiger partial charge in [0.1, 0.15) is 5.65 Å². The molecule has 1 unspecified atom stereocenters. The van der Waals surface area contributed by atoms with Gasteiger partial charge in [0.05, 0.1) is 31.1 Å². The van der Waals surface area contributed by atoms with Crippen molar-refractivity contribution in [3.05, 3.63) is 54.4 Å². The first-order valence-corrected chi connectivity index (χ1v) is 13.3. The Morgan fingerprint density at radius 2 is 2.16 bits per heavy atom. The number of carbonyl (C=O) groups excluding carboxylic acids is 1. The second-order valence-electron chi connectivity index (χ2n) is 9.00. The van der Waals surface area contributed by atoms with Gasteiger partial charge in [-0.3, -0.25) is 4.40 Å². The first-order valence-electron chi connectivity index (χ1n) is 12.2. The van der Waals surface area contributed by atoms with Gasteiger partial charge in [0.25, 0.3) is 0 Å². The van der Waals surface area contributed by atoms with E-state index < -0.39 is 16.5 Å². The number of rotatable bonds is 12. The fourth-order valence-electron chi connectivity index (χ4n) is 4.22. The molecule has 1 saturated heterocycles. The maximum absolute atomic E-state index is 13.0. The van der Waals surface area contributed by atoms with Gasteiger partial charge < -0.3 is 25.5 Å². The van der Waals surface area contributed by atoms with Crippen LogP contribution in [0, 0.1) is 0 Å². The van der Waals surface area contributed by atoms with Gasteiger partial charge in [-0.1, -0.05) is 12.1 Å². The standard InChI is InChI=1S/C25H31F2IN6O3/c26-25(27,28)17-30-24(36)32-20-4-1-3-19(14-20)22-15-29-23-13-18(6-11-34(22)23)5-8-31-37-12-2-9-33-10-7-21(35)16-33/h1,3-4,6,11,13-15,21,31,35H,2,5,7-10,12,16-17H2,(H2,30,32,36). The number of fused-ring (bicyclic) bond motifs is 1. The summed E-state index contributed by atoms with van der Waals surface area (Å²) in [5.74, 6) is 0. The normalized spacial score (nSPS) is 16.4. The van der Waals surface area contributed by atoms with Crippen LogP contribution >= 0.6 is 22.6 Å². The van der Waals surface area contributed by atoms with Gasteiger partial charge >= 0.3 is 9.96 Å². The van der Waals surface area contributed by atoms with E-state index in [-0.39, 0.29) is 6.10 Å². The number of amides is 2. The number of β-amino-alcohol motifs (C(OH)–C–C–N with tert-alkyl or cyclic N) is 1. The largest absolute Gasteiger partial charge is 0.392 e. The molecule has 0 spiro atoms. The summed E-state index contributed by atoms with van der Waals surface area (Å²) in [6, 6.07) is 10.5.